The Morgan fingerprint density at radius 1 is 1.37 bits per heavy atom. The van der Waals surface area contributed by atoms with Crippen molar-refractivity contribution >= 4 is 11.9 Å². The average molecular weight is 268 g/mol. The number of carbonyl (C=O) groups excluding carboxylic acids is 2. The van der Waals surface area contributed by atoms with E-state index in [2.05, 4.69) is 4.98 Å². The lowest BCUT2D eigenvalue weighted by atomic mass is 10.2. The van der Waals surface area contributed by atoms with Crippen LogP contribution in [0, 0.1) is 5.95 Å². The summed E-state index contributed by atoms with van der Waals surface area (Å²) in [4.78, 5) is 28.4. The van der Waals surface area contributed by atoms with Crippen molar-refractivity contribution in [2.45, 2.75) is 20.3 Å². The van der Waals surface area contributed by atoms with Crippen LogP contribution in [-0.4, -0.2) is 41.5 Å². The Morgan fingerprint density at radius 3 is 2.63 bits per heavy atom. The molecule has 1 amide bonds. The van der Waals surface area contributed by atoms with Gasteiger partial charge in [0.25, 0.3) is 5.91 Å². The quantitative estimate of drug-likeness (QED) is 0.581. The van der Waals surface area contributed by atoms with Gasteiger partial charge in [0.15, 0.2) is 0 Å². The minimum Gasteiger partial charge on any atom is -0.465 e. The van der Waals surface area contributed by atoms with E-state index >= 15 is 0 Å². The number of aromatic nitrogens is 1. The van der Waals surface area contributed by atoms with Crippen LogP contribution < -0.4 is 0 Å². The van der Waals surface area contributed by atoms with E-state index in [1.54, 1.807) is 6.92 Å². The van der Waals surface area contributed by atoms with Gasteiger partial charge in [0.2, 0.25) is 5.95 Å². The number of halogens is 1. The summed E-state index contributed by atoms with van der Waals surface area (Å²) in [7, 11) is 0. The molecule has 1 aromatic rings. The molecule has 0 aliphatic carbocycles. The average Bonchev–Trinajstić information content (AvgIpc) is 2.38. The second-order valence-electron chi connectivity index (χ2n) is 3.90. The number of rotatable bonds is 6. The molecule has 0 saturated carbocycles. The van der Waals surface area contributed by atoms with Crippen LogP contribution >= 0.6 is 0 Å². The molecule has 6 heteroatoms. The van der Waals surface area contributed by atoms with Crippen molar-refractivity contribution in [3.63, 3.8) is 0 Å². The number of amides is 1. The maximum atomic E-state index is 12.7. The first-order valence-corrected chi connectivity index (χ1v) is 6.15. The largest absolute Gasteiger partial charge is 0.465 e. The van der Waals surface area contributed by atoms with Gasteiger partial charge < -0.3 is 9.64 Å². The molecule has 0 aliphatic rings. The van der Waals surface area contributed by atoms with Crippen molar-refractivity contribution in [2.24, 2.45) is 0 Å². The highest BCUT2D eigenvalue weighted by molar-refractivity contribution is 5.95. The second-order valence-corrected chi connectivity index (χ2v) is 3.90. The molecule has 5 nitrogen and oxygen atoms in total. The van der Waals surface area contributed by atoms with Crippen LogP contribution in [0.5, 0.6) is 0 Å². The molecule has 0 radical (unpaired) electrons. The zero-order chi connectivity index (χ0) is 14.3. The summed E-state index contributed by atoms with van der Waals surface area (Å²) in [5, 5.41) is 0. The molecular weight excluding hydrogens is 251 g/mol. The van der Waals surface area contributed by atoms with E-state index in [1.807, 2.05) is 6.92 Å². The van der Waals surface area contributed by atoms with Gasteiger partial charge in [-0.15, -0.1) is 0 Å². The van der Waals surface area contributed by atoms with Gasteiger partial charge in [-0.3, -0.25) is 9.59 Å². The minimum atomic E-state index is -0.649. The first-order chi connectivity index (χ1) is 9.08. The third-order valence-corrected chi connectivity index (χ3v) is 2.38. The zero-order valence-electron chi connectivity index (χ0n) is 11.1. The highest BCUT2D eigenvalue weighted by Crippen LogP contribution is 2.06. The van der Waals surface area contributed by atoms with E-state index in [4.69, 9.17) is 4.74 Å². The van der Waals surface area contributed by atoms with Crippen LogP contribution in [0.4, 0.5) is 4.39 Å². The molecule has 0 spiro atoms. The van der Waals surface area contributed by atoms with Gasteiger partial charge in [-0.25, -0.2) is 4.98 Å². The van der Waals surface area contributed by atoms with Crippen LogP contribution in [-0.2, 0) is 9.53 Å². The zero-order valence-corrected chi connectivity index (χ0v) is 11.1. The van der Waals surface area contributed by atoms with E-state index < -0.39 is 11.9 Å². The third-order valence-electron chi connectivity index (χ3n) is 2.38. The number of hydrogen-bond acceptors (Lipinski definition) is 4. The molecule has 0 bridgehead atoms. The number of nitrogens with zero attached hydrogens (tertiary/aromatic N) is 2. The molecule has 0 atom stereocenters. The Kier molecular flexibility index (Phi) is 5.92. The van der Waals surface area contributed by atoms with Crippen LogP contribution in [0.15, 0.2) is 18.3 Å². The smallest absolute Gasteiger partial charge is 0.325 e. The maximum absolute atomic E-state index is 12.7. The van der Waals surface area contributed by atoms with Gasteiger partial charge >= 0.3 is 5.97 Å². The van der Waals surface area contributed by atoms with Crippen molar-refractivity contribution in [3.05, 3.63) is 29.8 Å². The van der Waals surface area contributed by atoms with Crippen LogP contribution in [0.25, 0.3) is 0 Å². The Labute approximate surface area is 111 Å². The van der Waals surface area contributed by atoms with Crippen LogP contribution in [0.2, 0.25) is 0 Å². The summed E-state index contributed by atoms with van der Waals surface area (Å²) >= 11 is 0. The van der Waals surface area contributed by atoms with Gasteiger partial charge in [0.1, 0.15) is 6.54 Å². The van der Waals surface area contributed by atoms with Gasteiger partial charge in [-0.2, -0.15) is 4.39 Å². The third kappa shape index (κ3) is 4.65. The fraction of sp³-hybridized carbons (Fsp3) is 0.462. The fourth-order valence-corrected chi connectivity index (χ4v) is 1.57. The van der Waals surface area contributed by atoms with Crippen molar-refractivity contribution in [2.75, 3.05) is 19.7 Å². The van der Waals surface area contributed by atoms with Gasteiger partial charge in [0.05, 0.1) is 12.2 Å². The molecule has 1 heterocycles. The summed E-state index contributed by atoms with van der Waals surface area (Å²) in [6.07, 6.45) is 1.87. The number of carbonyl (C=O) groups is 2. The topological polar surface area (TPSA) is 59.5 Å². The fourth-order valence-electron chi connectivity index (χ4n) is 1.57. The number of ether oxygens (including phenoxy) is 1. The monoisotopic (exact) mass is 268 g/mol. The maximum Gasteiger partial charge on any atom is 0.325 e. The van der Waals surface area contributed by atoms with E-state index in [9.17, 15) is 14.0 Å². The lowest BCUT2D eigenvalue weighted by Gasteiger charge is -2.20. The minimum absolute atomic E-state index is 0.113. The standard InChI is InChI=1S/C13H17FN2O3/c1-3-7-16(9-12(17)19-4-2)13(18)10-5-6-11(14)15-8-10/h5-6,8H,3-4,7,9H2,1-2H3. The van der Waals surface area contributed by atoms with Crippen molar-refractivity contribution < 1.29 is 18.7 Å². The lowest BCUT2D eigenvalue weighted by molar-refractivity contribution is -0.143. The van der Waals surface area contributed by atoms with Gasteiger partial charge in [-0.1, -0.05) is 6.92 Å². The summed E-state index contributed by atoms with van der Waals surface area (Å²) in [6.45, 7) is 4.18. The molecule has 1 aromatic heterocycles. The van der Waals surface area contributed by atoms with Crippen molar-refractivity contribution in [1.29, 1.82) is 0 Å². The van der Waals surface area contributed by atoms with E-state index in [0.717, 1.165) is 12.3 Å². The molecule has 0 aliphatic heterocycles. The van der Waals surface area contributed by atoms with Crippen molar-refractivity contribution in [1.82, 2.24) is 9.88 Å². The molecule has 0 unspecified atom stereocenters. The summed E-state index contributed by atoms with van der Waals surface area (Å²) < 4.78 is 17.5. The Balaban J connectivity index is 2.77. The summed E-state index contributed by atoms with van der Waals surface area (Å²) in [6, 6.07) is 2.46. The molecule has 0 saturated heterocycles. The van der Waals surface area contributed by atoms with E-state index in [0.29, 0.717) is 13.0 Å². The summed E-state index contributed by atoms with van der Waals surface area (Å²) in [5.74, 6) is -1.47. The SMILES string of the molecule is CCCN(CC(=O)OCC)C(=O)c1ccc(F)nc1. The molecule has 0 aromatic carbocycles. The van der Waals surface area contributed by atoms with Crippen LogP contribution in [0.3, 0.4) is 0 Å². The number of hydrogen-bond donors (Lipinski definition) is 0. The van der Waals surface area contributed by atoms with E-state index in [-0.39, 0.29) is 24.6 Å². The molecule has 104 valence electrons. The Bertz CT molecular complexity index is 434. The van der Waals surface area contributed by atoms with Crippen molar-refractivity contribution in [3.8, 4) is 0 Å². The highest BCUT2D eigenvalue weighted by Gasteiger charge is 2.19. The molecular formula is C13H17FN2O3. The molecule has 1 rings (SSSR count). The van der Waals surface area contributed by atoms with Gasteiger partial charge in [-0.05, 0) is 25.5 Å². The first kappa shape index (κ1) is 15.1. The number of esters is 1. The Morgan fingerprint density at radius 2 is 2.11 bits per heavy atom. The number of pyridine rings is 1. The second kappa shape index (κ2) is 7.45. The molecule has 0 N–H and O–H groups in total. The predicted molar refractivity (Wildman–Crippen MR) is 67.0 cm³/mol. The highest BCUT2D eigenvalue weighted by atomic mass is 19.1. The summed E-state index contributed by atoms with van der Waals surface area (Å²) in [5.41, 5.74) is 0.249. The first-order valence-electron chi connectivity index (χ1n) is 6.15. The van der Waals surface area contributed by atoms with E-state index in [1.165, 1.54) is 11.0 Å². The van der Waals surface area contributed by atoms with Crippen LogP contribution in [0.1, 0.15) is 30.6 Å². The predicted octanol–water partition coefficient (Wildman–Crippen LogP) is 1.64. The Hall–Kier alpha value is -1.98. The molecule has 0 fully saturated rings. The lowest BCUT2D eigenvalue weighted by Crippen LogP contribution is -2.37. The van der Waals surface area contributed by atoms with Gasteiger partial charge in [0, 0.05) is 12.7 Å². The normalized spacial score (nSPS) is 10.1. The molecule has 19 heavy (non-hydrogen) atoms.